The van der Waals surface area contributed by atoms with Gasteiger partial charge in [0.2, 0.25) is 11.8 Å². The molecule has 6 rings (SSSR count). The number of aromatic nitrogens is 4. The van der Waals surface area contributed by atoms with Crippen LogP contribution in [-0.2, 0) is 16.1 Å². The molecule has 2 aromatic heterocycles. The minimum Gasteiger partial charge on any atom is -0.353 e. The van der Waals surface area contributed by atoms with Crippen LogP contribution in [0.15, 0.2) is 104 Å². The van der Waals surface area contributed by atoms with Gasteiger partial charge in [-0.15, -0.1) is 0 Å². The Bertz CT molecular complexity index is 2020. The highest BCUT2D eigenvalue weighted by Crippen LogP contribution is 2.34. The molecule has 0 spiro atoms. The number of nitrogens with one attached hydrogen (secondary N) is 3. The van der Waals surface area contributed by atoms with Crippen LogP contribution in [0.2, 0.25) is 0 Å². The first kappa shape index (κ1) is 29.5. The lowest BCUT2D eigenvalue weighted by atomic mass is 10.0. The van der Waals surface area contributed by atoms with Crippen molar-refractivity contribution < 1.29 is 9.59 Å². The first-order valence-electron chi connectivity index (χ1n) is 14.8. The summed E-state index contributed by atoms with van der Waals surface area (Å²) in [6, 6.07) is 25.9. The standard InChI is InChI=1S/C35H34N8O2/c1-42(2)18-8-17-36-33(44)15-16-34(45)39-25-13-14-30-28(19-25)35(38-23-37-30)40-31-20-32-29(26-11-6-7-12-27(26)31)22-43(41-32)21-24-9-4-3-5-10-24/h3-7,9-16,19-20,22-23H,8,17-18,21H2,1-2H3,(H,36,44)(H,39,45)(H,37,38,40). The Kier molecular flexibility index (Phi) is 8.74. The highest BCUT2D eigenvalue weighted by molar-refractivity contribution is 6.13. The molecule has 6 aromatic rings. The summed E-state index contributed by atoms with van der Waals surface area (Å²) in [6.07, 6.45) is 6.90. The van der Waals surface area contributed by atoms with E-state index in [1.807, 2.05) is 72.2 Å². The van der Waals surface area contributed by atoms with E-state index in [1.165, 1.54) is 24.0 Å². The molecule has 4 aromatic carbocycles. The van der Waals surface area contributed by atoms with Crippen molar-refractivity contribution >= 4 is 61.6 Å². The van der Waals surface area contributed by atoms with Crippen LogP contribution >= 0.6 is 0 Å². The molecular formula is C35H34N8O2. The van der Waals surface area contributed by atoms with Crippen molar-refractivity contribution in [2.75, 3.05) is 37.8 Å². The zero-order valence-corrected chi connectivity index (χ0v) is 25.2. The molecule has 3 N–H and O–H groups in total. The first-order valence-corrected chi connectivity index (χ1v) is 14.8. The largest absolute Gasteiger partial charge is 0.353 e. The monoisotopic (exact) mass is 598 g/mol. The molecule has 45 heavy (non-hydrogen) atoms. The summed E-state index contributed by atoms with van der Waals surface area (Å²) < 4.78 is 1.97. The predicted octanol–water partition coefficient (Wildman–Crippen LogP) is 5.49. The van der Waals surface area contributed by atoms with Gasteiger partial charge in [-0.05, 0) is 62.3 Å². The summed E-state index contributed by atoms with van der Waals surface area (Å²) in [5.74, 6) is -0.125. The second kappa shape index (κ2) is 13.4. The Morgan fingerprint density at radius 3 is 2.42 bits per heavy atom. The van der Waals surface area contributed by atoms with E-state index >= 15 is 0 Å². The van der Waals surface area contributed by atoms with Gasteiger partial charge in [-0.1, -0.05) is 54.6 Å². The second-order valence-corrected chi connectivity index (χ2v) is 11.1. The number of fused-ring (bicyclic) bond motifs is 4. The maximum atomic E-state index is 12.6. The highest BCUT2D eigenvalue weighted by Gasteiger charge is 2.13. The van der Waals surface area contributed by atoms with Crippen LogP contribution in [0.4, 0.5) is 17.2 Å². The minimum absolute atomic E-state index is 0.309. The number of hydrogen-bond donors (Lipinski definition) is 3. The van der Waals surface area contributed by atoms with Crippen molar-refractivity contribution in [2.24, 2.45) is 0 Å². The molecule has 0 saturated heterocycles. The molecule has 10 nitrogen and oxygen atoms in total. The third-order valence-corrected chi connectivity index (χ3v) is 7.39. The Labute approximate surface area is 260 Å². The predicted molar refractivity (Wildman–Crippen MR) is 180 cm³/mol. The van der Waals surface area contributed by atoms with Crippen molar-refractivity contribution in [3.05, 3.63) is 109 Å². The number of carbonyl (C=O) groups is 2. The van der Waals surface area contributed by atoms with Crippen LogP contribution < -0.4 is 16.0 Å². The molecule has 2 heterocycles. The fourth-order valence-electron chi connectivity index (χ4n) is 5.24. The van der Waals surface area contributed by atoms with Crippen molar-refractivity contribution in [1.29, 1.82) is 0 Å². The molecule has 0 saturated carbocycles. The topological polar surface area (TPSA) is 117 Å². The molecule has 0 unspecified atom stereocenters. The SMILES string of the molecule is CN(C)CCCNC(=O)C=CC(=O)Nc1ccc2ncnc(Nc3cc4nn(Cc5ccccc5)cc4c4ccccc34)c2c1. The van der Waals surface area contributed by atoms with Crippen LogP contribution in [0.5, 0.6) is 0 Å². The Morgan fingerprint density at radius 2 is 1.60 bits per heavy atom. The molecule has 10 heteroatoms. The van der Waals surface area contributed by atoms with Crippen molar-refractivity contribution in [2.45, 2.75) is 13.0 Å². The van der Waals surface area contributed by atoms with Gasteiger partial charge in [0.15, 0.2) is 0 Å². The minimum atomic E-state index is -0.410. The Morgan fingerprint density at radius 1 is 0.822 bits per heavy atom. The summed E-state index contributed by atoms with van der Waals surface area (Å²) in [7, 11) is 3.96. The summed E-state index contributed by atoms with van der Waals surface area (Å²) >= 11 is 0. The van der Waals surface area contributed by atoms with Gasteiger partial charge in [0, 0.05) is 52.4 Å². The third kappa shape index (κ3) is 7.14. The van der Waals surface area contributed by atoms with E-state index in [0.29, 0.717) is 24.6 Å². The first-order chi connectivity index (χ1) is 21.9. The average Bonchev–Trinajstić information content (AvgIpc) is 3.45. The highest BCUT2D eigenvalue weighted by atomic mass is 16.2. The van der Waals surface area contributed by atoms with E-state index in [2.05, 4.69) is 56.4 Å². The van der Waals surface area contributed by atoms with Gasteiger partial charge in [0.05, 0.1) is 17.6 Å². The quantitative estimate of drug-likeness (QED) is 0.133. The molecule has 226 valence electrons. The van der Waals surface area contributed by atoms with Crippen molar-refractivity contribution in [3.8, 4) is 0 Å². The van der Waals surface area contributed by atoms with Crippen LogP contribution in [0.25, 0.3) is 32.6 Å². The van der Waals surface area contributed by atoms with E-state index in [-0.39, 0.29) is 5.91 Å². The van der Waals surface area contributed by atoms with E-state index in [4.69, 9.17) is 5.10 Å². The van der Waals surface area contributed by atoms with Crippen molar-refractivity contribution in [1.82, 2.24) is 30.0 Å². The molecule has 0 aliphatic carbocycles. The number of anilines is 3. The zero-order valence-electron chi connectivity index (χ0n) is 25.2. The number of hydrogen-bond acceptors (Lipinski definition) is 7. The summed E-state index contributed by atoms with van der Waals surface area (Å²) in [4.78, 5) is 35.7. The van der Waals surface area contributed by atoms with Crippen LogP contribution in [0, 0.1) is 0 Å². The zero-order chi connectivity index (χ0) is 31.2. The fraction of sp³-hybridized carbons (Fsp3) is 0.171. The number of benzene rings is 4. The van der Waals surface area contributed by atoms with Crippen LogP contribution in [0.1, 0.15) is 12.0 Å². The molecule has 0 aliphatic rings. The molecule has 0 radical (unpaired) electrons. The van der Waals surface area contributed by atoms with E-state index in [1.54, 1.807) is 6.07 Å². The van der Waals surface area contributed by atoms with Crippen LogP contribution in [0.3, 0.4) is 0 Å². The fourth-order valence-corrected chi connectivity index (χ4v) is 5.24. The summed E-state index contributed by atoms with van der Waals surface area (Å²) in [5, 5.41) is 17.9. The molecule has 0 atom stereocenters. The molecule has 2 amide bonds. The molecule has 0 aliphatic heterocycles. The average molecular weight is 599 g/mol. The van der Waals surface area contributed by atoms with Crippen molar-refractivity contribution in [3.63, 3.8) is 0 Å². The Hall–Kier alpha value is -5.61. The van der Waals surface area contributed by atoms with Gasteiger partial charge >= 0.3 is 0 Å². The lowest BCUT2D eigenvalue weighted by Crippen LogP contribution is -2.25. The number of nitrogens with zero attached hydrogens (tertiary/aromatic N) is 5. The van der Waals surface area contributed by atoms with Gasteiger partial charge in [-0.3, -0.25) is 14.3 Å². The summed E-state index contributed by atoms with van der Waals surface area (Å²) in [5.41, 5.74) is 4.18. The van der Waals surface area contributed by atoms with Gasteiger partial charge in [0.25, 0.3) is 0 Å². The third-order valence-electron chi connectivity index (χ3n) is 7.39. The van der Waals surface area contributed by atoms with E-state index in [9.17, 15) is 9.59 Å². The molecule has 0 fully saturated rings. The molecule has 0 bridgehead atoms. The smallest absolute Gasteiger partial charge is 0.248 e. The number of amides is 2. The number of carbonyl (C=O) groups excluding carboxylic acids is 2. The van der Waals surface area contributed by atoms with Gasteiger partial charge < -0.3 is 20.9 Å². The number of rotatable bonds is 11. The van der Waals surface area contributed by atoms with Gasteiger partial charge in [-0.25, -0.2) is 9.97 Å². The van der Waals surface area contributed by atoms with Gasteiger partial charge in [-0.2, -0.15) is 5.10 Å². The van der Waals surface area contributed by atoms with E-state index in [0.717, 1.165) is 51.2 Å². The maximum Gasteiger partial charge on any atom is 0.248 e. The molecular weight excluding hydrogens is 564 g/mol. The lowest BCUT2D eigenvalue weighted by Gasteiger charge is -2.12. The van der Waals surface area contributed by atoms with E-state index < -0.39 is 5.91 Å². The normalized spacial score (nSPS) is 11.5. The summed E-state index contributed by atoms with van der Waals surface area (Å²) in [6.45, 7) is 2.09. The van der Waals surface area contributed by atoms with Gasteiger partial charge in [0.1, 0.15) is 12.1 Å². The lowest BCUT2D eigenvalue weighted by molar-refractivity contribution is -0.117. The second-order valence-electron chi connectivity index (χ2n) is 11.1. The van der Waals surface area contributed by atoms with Crippen LogP contribution in [-0.4, -0.2) is 63.6 Å². The Balaban J connectivity index is 1.23. The maximum absolute atomic E-state index is 12.6.